The van der Waals surface area contributed by atoms with Gasteiger partial charge in [-0.25, -0.2) is 4.79 Å². The minimum atomic E-state index is -0.777. The van der Waals surface area contributed by atoms with Crippen molar-refractivity contribution in [2.24, 2.45) is 0 Å². The number of urea groups is 1. The number of nitrogens with one attached hydrogen (secondary N) is 5. The Bertz CT molecular complexity index is 1250. The summed E-state index contributed by atoms with van der Waals surface area (Å²) < 4.78 is 22.0. The van der Waals surface area contributed by atoms with Crippen LogP contribution in [0, 0.1) is 0 Å². The first-order valence-corrected chi connectivity index (χ1v) is 18.8. The summed E-state index contributed by atoms with van der Waals surface area (Å²) in [4.78, 5) is 60.3. The maximum absolute atomic E-state index is 12.9. The molecule has 0 radical (unpaired) electrons. The molecule has 1 aromatic rings. The number of benzene rings is 1. The number of unbranched alkanes of at least 4 members (excludes halogenated alkanes) is 1. The Hall–Kier alpha value is -3.50. The van der Waals surface area contributed by atoms with Crippen LogP contribution in [0.25, 0.3) is 0 Å². The minimum Gasteiger partial charge on any atom is -0.379 e. The standard InChI is InChI=1S/C36H55N5O9S/c1-26(12-13-27(2)42)38-35(45)29(24-28-8-4-3-5-9-28)39-33(44)14-16-47-18-20-49-22-23-50-21-19-48-17-15-37-32(43)11-7-6-10-31-34-30(25-51-31)40-36(46)41-34/h3-5,8-9,12-13,26,29-31,34H,6-7,10-11,14-25H2,1-2H3,(H,37,43)(H,38,45)(H,39,44)(H2,40,41,46)/b13-12+/t26-,29-,30+,31+,34+/m0/s1. The molecule has 0 unspecified atom stereocenters. The van der Waals surface area contributed by atoms with Gasteiger partial charge in [-0.1, -0.05) is 42.8 Å². The molecule has 2 saturated heterocycles. The van der Waals surface area contributed by atoms with Crippen molar-refractivity contribution in [3.8, 4) is 0 Å². The van der Waals surface area contributed by atoms with Crippen molar-refractivity contribution in [2.45, 2.75) is 81.8 Å². The number of carbonyl (C=O) groups is 5. The number of thioether (sulfide) groups is 1. The molecule has 51 heavy (non-hydrogen) atoms. The lowest BCUT2D eigenvalue weighted by Gasteiger charge is -2.20. The van der Waals surface area contributed by atoms with E-state index in [2.05, 4.69) is 26.6 Å². The number of hydrogen-bond donors (Lipinski definition) is 5. The van der Waals surface area contributed by atoms with E-state index in [1.807, 2.05) is 42.1 Å². The summed E-state index contributed by atoms with van der Waals surface area (Å²) in [6.07, 6.45) is 6.68. The van der Waals surface area contributed by atoms with Crippen molar-refractivity contribution in [3.63, 3.8) is 0 Å². The summed E-state index contributed by atoms with van der Waals surface area (Å²) in [5, 5.41) is 14.9. The van der Waals surface area contributed by atoms with Gasteiger partial charge in [-0.05, 0) is 38.3 Å². The Balaban J connectivity index is 1.11. The first-order valence-electron chi connectivity index (χ1n) is 17.8. The molecule has 5 atom stereocenters. The van der Waals surface area contributed by atoms with Crippen LogP contribution in [0.1, 0.15) is 51.5 Å². The average molecular weight is 734 g/mol. The highest BCUT2D eigenvalue weighted by Crippen LogP contribution is 2.33. The maximum atomic E-state index is 12.9. The second-order valence-corrected chi connectivity index (χ2v) is 13.8. The summed E-state index contributed by atoms with van der Waals surface area (Å²) in [5.41, 5.74) is 0.909. The molecule has 0 bridgehead atoms. The lowest BCUT2D eigenvalue weighted by atomic mass is 10.0. The van der Waals surface area contributed by atoms with Crippen LogP contribution in [-0.4, -0.2) is 124 Å². The number of rotatable bonds is 27. The van der Waals surface area contributed by atoms with Gasteiger partial charge in [0.2, 0.25) is 17.7 Å². The van der Waals surface area contributed by atoms with Crippen molar-refractivity contribution >= 4 is 41.3 Å². The van der Waals surface area contributed by atoms with Gasteiger partial charge in [0.1, 0.15) is 6.04 Å². The van der Waals surface area contributed by atoms with Crippen molar-refractivity contribution in [2.75, 3.05) is 65.2 Å². The smallest absolute Gasteiger partial charge is 0.315 e. The van der Waals surface area contributed by atoms with E-state index in [4.69, 9.17) is 18.9 Å². The lowest BCUT2D eigenvalue weighted by Crippen LogP contribution is -2.50. The summed E-state index contributed by atoms with van der Waals surface area (Å²) in [6.45, 7) is 6.53. The number of carbonyl (C=O) groups excluding carboxylic acids is 5. The monoisotopic (exact) mass is 733 g/mol. The predicted octanol–water partition coefficient (Wildman–Crippen LogP) is 1.66. The van der Waals surface area contributed by atoms with E-state index in [1.54, 1.807) is 13.0 Å². The number of allylic oxidation sites excluding steroid dienone is 1. The normalized spacial score (nSPS) is 19.2. The topological polar surface area (TPSA) is 182 Å². The van der Waals surface area contributed by atoms with Gasteiger partial charge in [0.25, 0.3) is 0 Å². The molecular formula is C36H55N5O9S. The molecule has 5 N–H and O–H groups in total. The summed E-state index contributed by atoms with van der Waals surface area (Å²) in [7, 11) is 0. The zero-order valence-corrected chi connectivity index (χ0v) is 30.6. The van der Waals surface area contributed by atoms with Crippen molar-refractivity contribution in [3.05, 3.63) is 48.0 Å². The Morgan fingerprint density at radius 1 is 0.863 bits per heavy atom. The molecule has 0 spiro atoms. The van der Waals surface area contributed by atoms with Gasteiger partial charge in [0.15, 0.2) is 5.78 Å². The van der Waals surface area contributed by atoms with E-state index in [0.29, 0.717) is 70.9 Å². The van der Waals surface area contributed by atoms with Crippen molar-refractivity contribution < 1.29 is 42.9 Å². The third kappa shape index (κ3) is 18.0. The number of ether oxygens (including phenoxy) is 4. The fraction of sp³-hybridized carbons (Fsp3) is 0.639. The second-order valence-electron chi connectivity index (χ2n) is 12.5. The SMILES string of the molecule is CC(=O)/C=C/[C@H](C)NC(=O)[C@H](Cc1ccccc1)NC(=O)CCOCCOCCOCCOCCNC(=O)CCCC[C@H]1SC[C@H]2NC(=O)N[C@H]21. The molecule has 15 heteroatoms. The predicted molar refractivity (Wildman–Crippen MR) is 194 cm³/mol. The van der Waals surface area contributed by atoms with Crippen LogP contribution in [0.15, 0.2) is 42.5 Å². The zero-order valence-electron chi connectivity index (χ0n) is 29.8. The molecule has 5 amide bonds. The highest BCUT2D eigenvalue weighted by atomic mass is 32.2. The molecule has 14 nitrogen and oxygen atoms in total. The highest BCUT2D eigenvalue weighted by molar-refractivity contribution is 8.00. The van der Waals surface area contributed by atoms with Gasteiger partial charge < -0.3 is 45.5 Å². The Kier molecular flexibility index (Phi) is 20.3. The fourth-order valence-corrected chi connectivity index (χ4v) is 7.07. The van der Waals surface area contributed by atoms with Crippen LogP contribution >= 0.6 is 11.8 Å². The van der Waals surface area contributed by atoms with Crippen LogP contribution in [0.3, 0.4) is 0 Å². The largest absolute Gasteiger partial charge is 0.379 e. The number of fused-ring (bicyclic) bond motifs is 1. The number of ketones is 1. The van der Waals surface area contributed by atoms with Gasteiger partial charge in [-0.2, -0.15) is 11.8 Å². The number of amides is 5. The van der Waals surface area contributed by atoms with Crippen LogP contribution in [0.2, 0.25) is 0 Å². The molecule has 0 aliphatic carbocycles. The average Bonchev–Trinajstić information content (AvgIpc) is 3.66. The zero-order chi connectivity index (χ0) is 36.7. The van der Waals surface area contributed by atoms with E-state index in [9.17, 15) is 24.0 Å². The van der Waals surface area contributed by atoms with Crippen molar-refractivity contribution in [1.29, 1.82) is 0 Å². The summed E-state index contributed by atoms with van der Waals surface area (Å²) in [5.74, 6) is 0.209. The summed E-state index contributed by atoms with van der Waals surface area (Å²) in [6, 6.07) is 8.64. The fourth-order valence-electron chi connectivity index (χ4n) is 5.53. The Labute approximate surface area is 305 Å². The second kappa shape index (κ2) is 24.6. The summed E-state index contributed by atoms with van der Waals surface area (Å²) >= 11 is 1.89. The van der Waals surface area contributed by atoms with Crippen LogP contribution < -0.4 is 26.6 Å². The van der Waals surface area contributed by atoms with E-state index in [1.165, 1.54) is 13.0 Å². The molecule has 0 aromatic heterocycles. The van der Waals surface area contributed by atoms with Crippen LogP contribution in [0.4, 0.5) is 4.79 Å². The Morgan fingerprint density at radius 2 is 1.53 bits per heavy atom. The molecule has 2 fully saturated rings. The molecule has 2 heterocycles. The highest BCUT2D eigenvalue weighted by Gasteiger charge is 2.42. The van der Waals surface area contributed by atoms with Crippen molar-refractivity contribution in [1.82, 2.24) is 26.6 Å². The van der Waals surface area contributed by atoms with E-state index in [0.717, 1.165) is 30.6 Å². The molecule has 0 saturated carbocycles. The van der Waals surface area contributed by atoms with Gasteiger partial charge in [0, 0.05) is 42.9 Å². The van der Waals surface area contributed by atoms with Crippen LogP contribution in [-0.2, 0) is 44.5 Å². The molecule has 284 valence electrons. The first kappa shape index (κ1) is 41.9. The van der Waals surface area contributed by atoms with E-state index in [-0.39, 0.29) is 60.7 Å². The molecular weight excluding hydrogens is 678 g/mol. The molecule has 3 rings (SSSR count). The maximum Gasteiger partial charge on any atom is 0.315 e. The first-order chi connectivity index (χ1) is 24.7. The van der Waals surface area contributed by atoms with E-state index < -0.39 is 6.04 Å². The Morgan fingerprint density at radius 3 is 2.22 bits per heavy atom. The van der Waals surface area contributed by atoms with Gasteiger partial charge in [-0.15, -0.1) is 0 Å². The minimum absolute atomic E-state index is 0.0194. The quantitative estimate of drug-likeness (QED) is 0.0507. The molecule has 2 aliphatic heterocycles. The number of hydrogen-bond acceptors (Lipinski definition) is 10. The van der Waals surface area contributed by atoms with Crippen LogP contribution in [0.5, 0.6) is 0 Å². The third-order valence-electron chi connectivity index (χ3n) is 8.16. The van der Waals surface area contributed by atoms with E-state index >= 15 is 0 Å². The van der Waals surface area contributed by atoms with Gasteiger partial charge in [0.05, 0.1) is 64.9 Å². The van der Waals surface area contributed by atoms with Gasteiger partial charge >= 0.3 is 6.03 Å². The lowest BCUT2D eigenvalue weighted by molar-refractivity contribution is -0.129. The molecule has 1 aromatic carbocycles. The molecule has 2 aliphatic rings. The third-order valence-corrected chi connectivity index (χ3v) is 9.67. The van der Waals surface area contributed by atoms with Gasteiger partial charge in [-0.3, -0.25) is 19.2 Å².